The van der Waals surface area contributed by atoms with Gasteiger partial charge in [0.05, 0.1) is 5.69 Å². The highest BCUT2D eigenvalue weighted by Crippen LogP contribution is 2.21. The van der Waals surface area contributed by atoms with Gasteiger partial charge in [0.25, 0.3) is 0 Å². The zero-order valence-electron chi connectivity index (χ0n) is 8.73. The highest BCUT2D eigenvalue weighted by Gasteiger charge is 2.05. The van der Waals surface area contributed by atoms with Crippen molar-refractivity contribution in [2.75, 3.05) is 5.73 Å². The summed E-state index contributed by atoms with van der Waals surface area (Å²) in [4.78, 5) is 12.5. The third-order valence-corrected chi connectivity index (χ3v) is 2.12. The van der Waals surface area contributed by atoms with Crippen LogP contribution in [-0.4, -0.2) is 15.0 Å². The maximum Gasteiger partial charge on any atom is 0.133 e. The number of rotatable bonds is 1. The van der Waals surface area contributed by atoms with Crippen LogP contribution in [0.25, 0.3) is 11.3 Å². The molecule has 15 heavy (non-hydrogen) atoms. The Labute approximate surface area is 88.2 Å². The summed E-state index contributed by atoms with van der Waals surface area (Å²) in [5.74, 6) is 1.24. The smallest absolute Gasteiger partial charge is 0.133 e. The van der Waals surface area contributed by atoms with Crippen molar-refractivity contribution in [1.29, 1.82) is 0 Å². The highest BCUT2D eigenvalue weighted by atomic mass is 14.9. The Morgan fingerprint density at radius 3 is 2.53 bits per heavy atom. The van der Waals surface area contributed by atoms with Crippen LogP contribution < -0.4 is 5.73 Å². The molecule has 0 aliphatic rings. The van der Waals surface area contributed by atoms with Gasteiger partial charge in [-0.2, -0.15) is 0 Å². The standard InChI is InChI=1S/C11H12N4/c1-7-3-4-9(11(12)14-7)10-5-6-13-8(2)15-10/h3-6H,1-2H3,(H2,12,14). The topological polar surface area (TPSA) is 64.7 Å². The van der Waals surface area contributed by atoms with Crippen molar-refractivity contribution in [2.45, 2.75) is 13.8 Å². The highest BCUT2D eigenvalue weighted by molar-refractivity contribution is 5.70. The van der Waals surface area contributed by atoms with Crippen molar-refractivity contribution >= 4 is 5.82 Å². The van der Waals surface area contributed by atoms with Gasteiger partial charge < -0.3 is 5.73 Å². The molecule has 0 spiro atoms. The van der Waals surface area contributed by atoms with Crippen LogP contribution in [0, 0.1) is 13.8 Å². The lowest BCUT2D eigenvalue weighted by atomic mass is 10.1. The number of hydrogen-bond donors (Lipinski definition) is 1. The summed E-state index contributed by atoms with van der Waals surface area (Å²) in [5, 5.41) is 0. The Hall–Kier alpha value is -1.97. The molecule has 0 bridgehead atoms. The molecule has 4 nitrogen and oxygen atoms in total. The normalized spacial score (nSPS) is 10.3. The van der Waals surface area contributed by atoms with E-state index < -0.39 is 0 Å². The third kappa shape index (κ3) is 1.93. The molecule has 2 heterocycles. The summed E-state index contributed by atoms with van der Waals surface area (Å²) in [5.41, 5.74) is 8.40. The fourth-order valence-electron chi connectivity index (χ4n) is 1.40. The number of pyridine rings is 1. The quantitative estimate of drug-likeness (QED) is 0.761. The van der Waals surface area contributed by atoms with Gasteiger partial charge in [-0.1, -0.05) is 0 Å². The Morgan fingerprint density at radius 2 is 1.87 bits per heavy atom. The molecule has 0 amide bonds. The van der Waals surface area contributed by atoms with Crippen molar-refractivity contribution in [2.24, 2.45) is 0 Å². The Bertz CT molecular complexity index is 494. The second kappa shape index (κ2) is 3.65. The van der Waals surface area contributed by atoms with Crippen LogP contribution in [0.4, 0.5) is 5.82 Å². The summed E-state index contributed by atoms with van der Waals surface area (Å²) in [7, 11) is 0. The molecule has 4 heteroatoms. The van der Waals surface area contributed by atoms with E-state index >= 15 is 0 Å². The summed E-state index contributed by atoms with van der Waals surface area (Å²) in [6.45, 7) is 3.76. The average Bonchev–Trinajstić information content (AvgIpc) is 2.17. The molecular weight excluding hydrogens is 188 g/mol. The lowest BCUT2D eigenvalue weighted by Crippen LogP contribution is -1.98. The minimum absolute atomic E-state index is 0.508. The van der Waals surface area contributed by atoms with Crippen LogP contribution in [0.15, 0.2) is 24.4 Å². The molecule has 2 N–H and O–H groups in total. The maximum atomic E-state index is 5.83. The number of nitrogens with zero attached hydrogens (tertiary/aromatic N) is 3. The fraction of sp³-hybridized carbons (Fsp3) is 0.182. The van der Waals surface area contributed by atoms with Crippen LogP contribution >= 0.6 is 0 Å². The van der Waals surface area contributed by atoms with E-state index in [0.717, 1.165) is 22.8 Å². The van der Waals surface area contributed by atoms with E-state index in [1.54, 1.807) is 6.20 Å². The van der Waals surface area contributed by atoms with E-state index in [1.807, 2.05) is 32.0 Å². The van der Waals surface area contributed by atoms with Crippen molar-refractivity contribution in [3.8, 4) is 11.3 Å². The summed E-state index contributed by atoms with van der Waals surface area (Å²) >= 11 is 0. The third-order valence-electron chi connectivity index (χ3n) is 2.12. The lowest BCUT2D eigenvalue weighted by molar-refractivity contribution is 1.06. The molecule has 0 radical (unpaired) electrons. The number of anilines is 1. The van der Waals surface area contributed by atoms with Gasteiger partial charge in [-0.15, -0.1) is 0 Å². The largest absolute Gasteiger partial charge is 0.383 e. The minimum Gasteiger partial charge on any atom is -0.383 e. The van der Waals surface area contributed by atoms with Gasteiger partial charge in [0.15, 0.2) is 0 Å². The van der Waals surface area contributed by atoms with Crippen LogP contribution in [0.2, 0.25) is 0 Å². The van der Waals surface area contributed by atoms with Gasteiger partial charge in [0.2, 0.25) is 0 Å². The summed E-state index contributed by atoms with van der Waals surface area (Å²) in [6, 6.07) is 5.68. The Morgan fingerprint density at radius 1 is 1.07 bits per heavy atom. The number of aryl methyl sites for hydroxylation is 2. The second-order valence-corrected chi connectivity index (χ2v) is 3.37. The van der Waals surface area contributed by atoms with Crippen LogP contribution in [-0.2, 0) is 0 Å². The lowest BCUT2D eigenvalue weighted by Gasteiger charge is -2.05. The number of nitrogens with two attached hydrogens (primary N) is 1. The van der Waals surface area contributed by atoms with E-state index in [9.17, 15) is 0 Å². The molecule has 2 rings (SSSR count). The van der Waals surface area contributed by atoms with Gasteiger partial charge in [0, 0.05) is 17.5 Å². The number of aromatic nitrogens is 3. The van der Waals surface area contributed by atoms with E-state index in [-0.39, 0.29) is 0 Å². The van der Waals surface area contributed by atoms with Gasteiger partial charge in [-0.3, -0.25) is 0 Å². The zero-order chi connectivity index (χ0) is 10.8. The molecular formula is C11H12N4. The fourth-order valence-corrected chi connectivity index (χ4v) is 1.40. The maximum absolute atomic E-state index is 5.83. The van der Waals surface area contributed by atoms with Gasteiger partial charge in [-0.25, -0.2) is 15.0 Å². The predicted molar refractivity (Wildman–Crippen MR) is 59.1 cm³/mol. The molecule has 0 fully saturated rings. The predicted octanol–water partition coefficient (Wildman–Crippen LogP) is 1.74. The molecule has 76 valence electrons. The van der Waals surface area contributed by atoms with Crippen LogP contribution in [0.3, 0.4) is 0 Å². The van der Waals surface area contributed by atoms with E-state index in [4.69, 9.17) is 5.73 Å². The first-order valence-electron chi connectivity index (χ1n) is 4.70. The van der Waals surface area contributed by atoms with Crippen molar-refractivity contribution in [1.82, 2.24) is 15.0 Å². The van der Waals surface area contributed by atoms with Crippen molar-refractivity contribution in [3.05, 3.63) is 35.9 Å². The SMILES string of the molecule is Cc1ccc(-c2ccnc(C)n2)c(N)n1. The Balaban J connectivity index is 2.54. The molecule has 0 saturated carbocycles. The molecule has 0 aliphatic carbocycles. The molecule has 0 atom stereocenters. The summed E-state index contributed by atoms with van der Waals surface area (Å²) in [6.07, 6.45) is 1.72. The molecule has 0 aliphatic heterocycles. The molecule has 0 aromatic carbocycles. The first-order valence-corrected chi connectivity index (χ1v) is 4.70. The number of hydrogen-bond acceptors (Lipinski definition) is 4. The Kier molecular flexibility index (Phi) is 2.33. The zero-order valence-corrected chi connectivity index (χ0v) is 8.73. The first kappa shape index (κ1) is 9.58. The molecule has 0 saturated heterocycles. The van der Waals surface area contributed by atoms with Gasteiger partial charge >= 0.3 is 0 Å². The number of nitrogen functional groups attached to an aromatic ring is 1. The minimum atomic E-state index is 0.508. The van der Waals surface area contributed by atoms with Crippen molar-refractivity contribution < 1.29 is 0 Å². The van der Waals surface area contributed by atoms with E-state index in [0.29, 0.717) is 5.82 Å². The van der Waals surface area contributed by atoms with Gasteiger partial charge in [-0.05, 0) is 32.0 Å². The van der Waals surface area contributed by atoms with E-state index in [2.05, 4.69) is 15.0 Å². The molecule has 2 aromatic heterocycles. The summed E-state index contributed by atoms with van der Waals surface area (Å²) < 4.78 is 0. The van der Waals surface area contributed by atoms with Gasteiger partial charge in [0.1, 0.15) is 11.6 Å². The van der Waals surface area contributed by atoms with E-state index in [1.165, 1.54) is 0 Å². The molecule has 0 unspecified atom stereocenters. The van der Waals surface area contributed by atoms with Crippen LogP contribution in [0.1, 0.15) is 11.5 Å². The molecule has 2 aromatic rings. The monoisotopic (exact) mass is 200 g/mol. The van der Waals surface area contributed by atoms with Crippen molar-refractivity contribution in [3.63, 3.8) is 0 Å². The van der Waals surface area contributed by atoms with Crippen LogP contribution in [0.5, 0.6) is 0 Å². The second-order valence-electron chi connectivity index (χ2n) is 3.37. The first-order chi connectivity index (χ1) is 7.16. The average molecular weight is 200 g/mol.